The highest BCUT2D eigenvalue weighted by Gasteiger charge is 2.40. The third-order valence-electron chi connectivity index (χ3n) is 5.03. The van der Waals surface area contributed by atoms with Gasteiger partial charge in [0.1, 0.15) is 5.92 Å². The molecule has 144 valence electrons. The van der Waals surface area contributed by atoms with Crippen LogP contribution in [0.15, 0.2) is 53.0 Å². The standard InChI is InChI=1S/C22H19BrO5/c1-2-26-22(25)21-17(14-4-3-5-16(23)8-14)9-15(10-18(21)24)13-6-7-19-20(11-13)28-12-27-19/h3-8,10-11,17,21H,2,9,12H2,1H3. The predicted octanol–water partition coefficient (Wildman–Crippen LogP) is 4.50. The van der Waals surface area contributed by atoms with E-state index < -0.39 is 11.9 Å². The van der Waals surface area contributed by atoms with Gasteiger partial charge in [-0.3, -0.25) is 9.59 Å². The molecular weight excluding hydrogens is 424 g/mol. The van der Waals surface area contributed by atoms with Gasteiger partial charge in [0.15, 0.2) is 17.3 Å². The molecule has 0 aromatic heterocycles. The molecule has 0 radical (unpaired) electrons. The predicted molar refractivity (Wildman–Crippen MR) is 107 cm³/mol. The highest BCUT2D eigenvalue weighted by Crippen LogP contribution is 2.43. The summed E-state index contributed by atoms with van der Waals surface area (Å²) >= 11 is 3.48. The fraction of sp³-hybridized carbons (Fsp3) is 0.273. The second kappa shape index (κ2) is 7.80. The van der Waals surface area contributed by atoms with Crippen LogP contribution < -0.4 is 9.47 Å². The van der Waals surface area contributed by atoms with Crippen molar-refractivity contribution in [2.75, 3.05) is 13.4 Å². The summed E-state index contributed by atoms with van der Waals surface area (Å²) in [7, 11) is 0. The van der Waals surface area contributed by atoms with E-state index in [0.29, 0.717) is 17.9 Å². The van der Waals surface area contributed by atoms with E-state index in [9.17, 15) is 9.59 Å². The van der Waals surface area contributed by atoms with Gasteiger partial charge in [-0.2, -0.15) is 0 Å². The molecule has 1 aliphatic carbocycles. The highest BCUT2D eigenvalue weighted by atomic mass is 79.9. The van der Waals surface area contributed by atoms with E-state index in [0.717, 1.165) is 21.2 Å². The van der Waals surface area contributed by atoms with Crippen LogP contribution in [0.25, 0.3) is 5.57 Å². The molecule has 6 heteroatoms. The zero-order chi connectivity index (χ0) is 19.7. The molecule has 28 heavy (non-hydrogen) atoms. The summed E-state index contributed by atoms with van der Waals surface area (Å²) < 4.78 is 16.9. The fourth-order valence-corrected chi connectivity index (χ4v) is 4.15. The molecule has 0 saturated heterocycles. The molecule has 0 bridgehead atoms. The lowest BCUT2D eigenvalue weighted by Crippen LogP contribution is -2.34. The van der Waals surface area contributed by atoms with Gasteiger partial charge in [-0.1, -0.05) is 34.1 Å². The van der Waals surface area contributed by atoms with Crippen molar-refractivity contribution in [1.29, 1.82) is 0 Å². The van der Waals surface area contributed by atoms with Gasteiger partial charge in [-0.25, -0.2) is 0 Å². The lowest BCUT2D eigenvalue weighted by molar-refractivity contribution is -0.151. The second-order valence-electron chi connectivity index (χ2n) is 6.74. The molecule has 0 amide bonds. The van der Waals surface area contributed by atoms with Gasteiger partial charge in [0.2, 0.25) is 6.79 Å². The lowest BCUT2D eigenvalue weighted by Gasteiger charge is -2.29. The third-order valence-corrected chi connectivity index (χ3v) is 5.52. The Morgan fingerprint density at radius 2 is 2.00 bits per heavy atom. The minimum atomic E-state index is -0.841. The van der Waals surface area contributed by atoms with E-state index in [1.165, 1.54) is 0 Å². The van der Waals surface area contributed by atoms with Gasteiger partial charge in [0.05, 0.1) is 6.61 Å². The zero-order valence-electron chi connectivity index (χ0n) is 15.3. The minimum Gasteiger partial charge on any atom is -0.465 e. The van der Waals surface area contributed by atoms with Crippen molar-refractivity contribution in [2.45, 2.75) is 19.3 Å². The van der Waals surface area contributed by atoms with Crippen LogP contribution in [0.5, 0.6) is 11.5 Å². The normalized spacial score (nSPS) is 20.6. The number of carbonyl (C=O) groups excluding carboxylic acids is 2. The summed E-state index contributed by atoms with van der Waals surface area (Å²) in [5.74, 6) is -0.487. The molecule has 2 atom stereocenters. The largest absolute Gasteiger partial charge is 0.465 e. The smallest absolute Gasteiger partial charge is 0.317 e. The van der Waals surface area contributed by atoms with Crippen LogP contribution in [-0.2, 0) is 14.3 Å². The number of allylic oxidation sites excluding steroid dienone is 2. The first-order chi connectivity index (χ1) is 13.6. The Morgan fingerprint density at radius 1 is 1.18 bits per heavy atom. The summed E-state index contributed by atoms with van der Waals surface area (Å²) in [5.41, 5.74) is 2.68. The topological polar surface area (TPSA) is 61.8 Å². The number of hydrogen-bond donors (Lipinski definition) is 0. The highest BCUT2D eigenvalue weighted by molar-refractivity contribution is 9.10. The first kappa shape index (κ1) is 18.7. The van der Waals surface area contributed by atoms with Crippen molar-refractivity contribution in [3.8, 4) is 11.5 Å². The number of halogens is 1. The first-order valence-corrected chi connectivity index (χ1v) is 9.92. The molecule has 4 rings (SSSR count). The Morgan fingerprint density at radius 3 is 2.79 bits per heavy atom. The van der Waals surface area contributed by atoms with E-state index in [1.807, 2.05) is 42.5 Å². The maximum Gasteiger partial charge on any atom is 0.317 e. The van der Waals surface area contributed by atoms with E-state index >= 15 is 0 Å². The van der Waals surface area contributed by atoms with Gasteiger partial charge in [0, 0.05) is 10.4 Å². The number of benzene rings is 2. The van der Waals surface area contributed by atoms with Crippen molar-refractivity contribution in [2.24, 2.45) is 5.92 Å². The van der Waals surface area contributed by atoms with Crippen LogP contribution >= 0.6 is 15.9 Å². The number of esters is 1. The molecule has 2 aliphatic rings. The fourth-order valence-electron chi connectivity index (χ4n) is 3.73. The lowest BCUT2D eigenvalue weighted by atomic mass is 9.73. The van der Waals surface area contributed by atoms with E-state index in [-0.39, 0.29) is 25.1 Å². The number of hydrogen-bond acceptors (Lipinski definition) is 5. The van der Waals surface area contributed by atoms with Gasteiger partial charge in [-0.05, 0) is 60.4 Å². The van der Waals surface area contributed by atoms with E-state index in [2.05, 4.69) is 15.9 Å². The van der Waals surface area contributed by atoms with Crippen LogP contribution in [0.4, 0.5) is 0 Å². The first-order valence-electron chi connectivity index (χ1n) is 9.13. The van der Waals surface area contributed by atoms with Crippen molar-refractivity contribution in [3.63, 3.8) is 0 Å². The molecule has 2 aromatic carbocycles. The molecular formula is C22H19BrO5. The number of ketones is 1. The Hall–Kier alpha value is -2.60. The molecule has 1 heterocycles. The molecule has 1 aliphatic heterocycles. The van der Waals surface area contributed by atoms with Crippen LogP contribution in [0.2, 0.25) is 0 Å². The van der Waals surface area contributed by atoms with Crippen LogP contribution in [0, 0.1) is 5.92 Å². The zero-order valence-corrected chi connectivity index (χ0v) is 16.9. The Bertz CT molecular complexity index is 965. The maximum atomic E-state index is 13.0. The SMILES string of the molecule is CCOC(=O)C1C(=O)C=C(c2ccc3c(c2)OCO3)CC1c1cccc(Br)c1. The van der Waals surface area contributed by atoms with Gasteiger partial charge in [-0.15, -0.1) is 0 Å². The quantitative estimate of drug-likeness (QED) is 0.515. The van der Waals surface area contributed by atoms with Gasteiger partial charge in [0.25, 0.3) is 0 Å². The molecule has 0 fully saturated rings. The maximum absolute atomic E-state index is 13.0. The Kier molecular flexibility index (Phi) is 5.22. The average molecular weight is 443 g/mol. The number of rotatable bonds is 4. The molecule has 0 N–H and O–H groups in total. The summed E-state index contributed by atoms with van der Waals surface area (Å²) in [6.45, 7) is 2.18. The number of fused-ring (bicyclic) bond motifs is 1. The van der Waals surface area contributed by atoms with Crippen LogP contribution in [0.3, 0.4) is 0 Å². The number of carbonyl (C=O) groups is 2. The molecule has 5 nitrogen and oxygen atoms in total. The average Bonchev–Trinajstić information content (AvgIpc) is 3.15. The van der Waals surface area contributed by atoms with Crippen molar-refractivity contribution in [1.82, 2.24) is 0 Å². The summed E-state index contributed by atoms with van der Waals surface area (Å²) in [4.78, 5) is 25.5. The third kappa shape index (κ3) is 3.56. The Labute approximate surface area is 171 Å². The van der Waals surface area contributed by atoms with Crippen molar-refractivity contribution >= 4 is 33.3 Å². The molecule has 0 saturated carbocycles. The van der Waals surface area contributed by atoms with E-state index in [4.69, 9.17) is 14.2 Å². The Balaban J connectivity index is 1.73. The van der Waals surface area contributed by atoms with Gasteiger partial charge >= 0.3 is 5.97 Å². The van der Waals surface area contributed by atoms with Crippen LogP contribution in [-0.4, -0.2) is 25.2 Å². The van der Waals surface area contributed by atoms with Crippen LogP contribution in [0.1, 0.15) is 30.4 Å². The molecule has 2 aromatic rings. The molecule has 2 unspecified atom stereocenters. The van der Waals surface area contributed by atoms with Gasteiger partial charge < -0.3 is 14.2 Å². The number of ether oxygens (including phenoxy) is 3. The van der Waals surface area contributed by atoms with E-state index in [1.54, 1.807) is 13.0 Å². The minimum absolute atomic E-state index is 0.197. The second-order valence-corrected chi connectivity index (χ2v) is 7.65. The summed E-state index contributed by atoms with van der Waals surface area (Å²) in [6, 6.07) is 13.4. The van der Waals surface area contributed by atoms with Crippen molar-refractivity contribution < 1.29 is 23.8 Å². The summed E-state index contributed by atoms with van der Waals surface area (Å²) in [6.07, 6.45) is 2.11. The van der Waals surface area contributed by atoms with Crippen molar-refractivity contribution in [3.05, 3.63) is 64.1 Å². The molecule has 0 spiro atoms. The summed E-state index contributed by atoms with van der Waals surface area (Å²) in [5, 5.41) is 0. The monoisotopic (exact) mass is 442 g/mol.